The molecule has 2 aromatic rings. The molecule has 1 fully saturated rings. The van der Waals surface area contributed by atoms with Crippen LogP contribution < -0.4 is 4.90 Å². The molecule has 114 valence electrons. The van der Waals surface area contributed by atoms with Crippen LogP contribution in [0, 0.1) is 0 Å². The van der Waals surface area contributed by atoms with E-state index >= 15 is 0 Å². The van der Waals surface area contributed by atoms with Gasteiger partial charge < -0.3 is 9.80 Å². The molecule has 2 aromatic carbocycles. The van der Waals surface area contributed by atoms with E-state index in [2.05, 4.69) is 59.3 Å². The Balaban J connectivity index is 1.72. The Bertz CT molecular complexity index is 670. The topological polar surface area (TPSA) is 6.48 Å². The number of hydrogen-bond acceptors (Lipinski definition) is 2. The number of fused-ring (bicyclic) bond motifs is 3. The zero-order valence-electron chi connectivity index (χ0n) is 12.9. The number of benzene rings is 2. The zero-order valence-corrected chi connectivity index (χ0v) is 13.6. The lowest BCUT2D eigenvalue weighted by atomic mass is 9.89. The highest BCUT2D eigenvalue weighted by molar-refractivity contribution is 6.30. The Kier molecular flexibility index (Phi) is 3.59. The van der Waals surface area contributed by atoms with E-state index in [9.17, 15) is 0 Å². The maximum atomic E-state index is 6.27. The van der Waals surface area contributed by atoms with Gasteiger partial charge in [-0.15, -0.1) is 0 Å². The van der Waals surface area contributed by atoms with Crippen molar-refractivity contribution in [2.24, 2.45) is 0 Å². The third-order valence-electron chi connectivity index (χ3n) is 5.07. The molecular weight excluding hydrogens is 292 g/mol. The van der Waals surface area contributed by atoms with Crippen LogP contribution in [0.3, 0.4) is 0 Å². The van der Waals surface area contributed by atoms with Crippen LogP contribution in [-0.4, -0.2) is 31.1 Å². The maximum Gasteiger partial charge on any atom is 0.0432 e. The van der Waals surface area contributed by atoms with Crippen molar-refractivity contribution in [3.63, 3.8) is 0 Å². The van der Waals surface area contributed by atoms with Gasteiger partial charge in [0.1, 0.15) is 0 Å². The van der Waals surface area contributed by atoms with E-state index in [-0.39, 0.29) is 0 Å². The quantitative estimate of drug-likeness (QED) is 0.822. The molecule has 0 N–H and O–H groups in total. The predicted molar refractivity (Wildman–Crippen MR) is 92.7 cm³/mol. The monoisotopic (exact) mass is 312 g/mol. The molecule has 3 heteroatoms. The van der Waals surface area contributed by atoms with Gasteiger partial charge in [-0.05, 0) is 49.3 Å². The van der Waals surface area contributed by atoms with Gasteiger partial charge in [-0.2, -0.15) is 0 Å². The Morgan fingerprint density at radius 2 is 1.95 bits per heavy atom. The van der Waals surface area contributed by atoms with Gasteiger partial charge >= 0.3 is 0 Å². The molecule has 0 saturated carbocycles. The average Bonchev–Trinajstić information content (AvgIpc) is 2.81. The number of anilines is 1. The molecular formula is C19H21ClN2. The number of nitrogens with zero attached hydrogens (tertiary/aromatic N) is 2. The van der Waals surface area contributed by atoms with Gasteiger partial charge in [0.15, 0.2) is 0 Å². The highest BCUT2D eigenvalue weighted by atomic mass is 35.5. The Morgan fingerprint density at radius 1 is 1.14 bits per heavy atom. The van der Waals surface area contributed by atoms with Gasteiger partial charge in [-0.25, -0.2) is 0 Å². The molecule has 0 bridgehead atoms. The minimum Gasteiger partial charge on any atom is -0.363 e. The van der Waals surface area contributed by atoms with Crippen LogP contribution in [0.15, 0.2) is 48.5 Å². The number of piperidine rings is 1. The second kappa shape index (κ2) is 5.60. The van der Waals surface area contributed by atoms with Gasteiger partial charge in [0.2, 0.25) is 0 Å². The van der Waals surface area contributed by atoms with Gasteiger partial charge in [-0.1, -0.05) is 41.9 Å². The lowest BCUT2D eigenvalue weighted by Gasteiger charge is -2.37. The molecule has 0 amide bonds. The van der Waals surface area contributed by atoms with Crippen molar-refractivity contribution in [1.29, 1.82) is 0 Å². The largest absolute Gasteiger partial charge is 0.363 e. The second-order valence-corrected chi connectivity index (χ2v) is 6.98. The van der Waals surface area contributed by atoms with E-state index in [0.717, 1.165) is 18.1 Å². The van der Waals surface area contributed by atoms with Crippen molar-refractivity contribution in [3.8, 4) is 0 Å². The first kappa shape index (κ1) is 14.1. The van der Waals surface area contributed by atoms with Gasteiger partial charge in [-0.3, -0.25) is 0 Å². The van der Waals surface area contributed by atoms with Crippen LogP contribution in [-0.2, 0) is 6.54 Å². The van der Waals surface area contributed by atoms with Crippen molar-refractivity contribution < 1.29 is 0 Å². The number of hydrogen-bond donors (Lipinski definition) is 0. The van der Waals surface area contributed by atoms with E-state index < -0.39 is 0 Å². The lowest BCUT2D eigenvalue weighted by molar-refractivity contribution is 0.231. The van der Waals surface area contributed by atoms with E-state index in [4.69, 9.17) is 11.6 Å². The molecule has 2 atom stereocenters. The van der Waals surface area contributed by atoms with E-state index in [1.54, 1.807) is 0 Å². The van der Waals surface area contributed by atoms with Crippen LogP contribution in [0.1, 0.15) is 23.5 Å². The Labute approximate surface area is 137 Å². The van der Waals surface area contributed by atoms with Crippen LogP contribution in [0.2, 0.25) is 5.02 Å². The van der Waals surface area contributed by atoms with Crippen molar-refractivity contribution in [2.45, 2.75) is 24.9 Å². The zero-order chi connectivity index (χ0) is 15.1. The molecule has 0 radical (unpaired) electrons. The minimum atomic E-state index is 0.580. The van der Waals surface area contributed by atoms with Gasteiger partial charge in [0.25, 0.3) is 0 Å². The fourth-order valence-corrected chi connectivity index (χ4v) is 4.21. The summed E-state index contributed by atoms with van der Waals surface area (Å²) in [4.78, 5) is 5.04. The Morgan fingerprint density at radius 3 is 2.77 bits per heavy atom. The van der Waals surface area contributed by atoms with Crippen LogP contribution in [0.5, 0.6) is 0 Å². The third kappa shape index (κ3) is 2.41. The summed E-state index contributed by atoms with van der Waals surface area (Å²) in [6.07, 6.45) is 1.22. The first-order chi connectivity index (χ1) is 10.7. The van der Waals surface area contributed by atoms with E-state index in [1.165, 1.54) is 29.8 Å². The smallest absolute Gasteiger partial charge is 0.0432 e. The number of halogens is 1. The predicted octanol–water partition coefficient (Wildman–Crippen LogP) is 4.15. The summed E-state index contributed by atoms with van der Waals surface area (Å²) >= 11 is 6.27. The van der Waals surface area contributed by atoms with Gasteiger partial charge in [0, 0.05) is 35.8 Å². The average molecular weight is 313 g/mol. The molecule has 4 rings (SSSR count). The summed E-state index contributed by atoms with van der Waals surface area (Å²) in [5, 5.41) is 0.854. The summed E-state index contributed by atoms with van der Waals surface area (Å²) in [7, 11) is 2.22. The molecule has 0 spiro atoms. The highest BCUT2D eigenvalue weighted by Crippen LogP contribution is 2.46. The molecule has 2 nitrogen and oxygen atoms in total. The van der Waals surface area contributed by atoms with Crippen molar-refractivity contribution in [1.82, 2.24) is 4.90 Å². The Hall–Kier alpha value is -1.51. The van der Waals surface area contributed by atoms with E-state index in [1.807, 2.05) is 6.07 Å². The fraction of sp³-hybridized carbons (Fsp3) is 0.368. The van der Waals surface area contributed by atoms with E-state index in [0.29, 0.717) is 12.0 Å². The molecule has 0 aromatic heterocycles. The molecule has 2 aliphatic rings. The first-order valence-electron chi connectivity index (χ1n) is 8.01. The summed E-state index contributed by atoms with van der Waals surface area (Å²) in [5.74, 6) is 0.580. The molecule has 2 aliphatic heterocycles. The lowest BCUT2D eigenvalue weighted by Crippen LogP contribution is -2.44. The van der Waals surface area contributed by atoms with Crippen LogP contribution >= 0.6 is 11.6 Å². The van der Waals surface area contributed by atoms with Gasteiger partial charge in [0.05, 0.1) is 0 Å². The third-order valence-corrected chi connectivity index (χ3v) is 5.31. The molecule has 0 unspecified atom stereocenters. The number of likely N-dealkylation sites (tertiary alicyclic amines) is 1. The number of rotatable bonds is 2. The summed E-state index contributed by atoms with van der Waals surface area (Å²) < 4.78 is 0. The molecule has 1 saturated heterocycles. The maximum absolute atomic E-state index is 6.27. The highest BCUT2D eigenvalue weighted by Gasteiger charge is 2.41. The summed E-state index contributed by atoms with van der Waals surface area (Å²) in [6.45, 7) is 3.29. The normalized spacial score (nSPS) is 24.2. The van der Waals surface area contributed by atoms with Crippen LogP contribution in [0.4, 0.5) is 5.69 Å². The second-order valence-electron chi connectivity index (χ2n) is 6.54. The minimum absolute atomic E-state index is 0.580. The fourth-order valence-electron chi connectivity index (χ4n) is 4.03. The van der Waals surface area contributed by atoms with Crippen molar-refractivity contribution >= 4 is 17.3 Å². The molecule has 2 heterocycles. The number of likely N-dealkylation sites (N-methyl/N-ethyl adjacent to an activating group) is 1. The molecule has 22 heavy (non-hydrogen) atoms. The standard InChI is InChI=1S/C19H21ClN2/c1-21-10-9-19-17(13-21)16-11-15(20)7-8-18(16)22(19)12-14-5-3-2-4-6-14/h2-8,11,17,19H,9-10,12-13H2,1H3/t17-,19+/m1/s1. The summed E-state index contributed by atoms with van der Waals surface area (Å²) in [6, 6.07) is 17.8. The van der Waals surface area contributed by atoms with Crippen molar-refractivity contribution in [3.05, 3.63) is 64.7 Å². The SMILES string of the molecule is CN1CC[C@H]2[C@H](C1)c1cc(Cl)ccc1N2Cc1ccccc1. The summed E-state index contributed by atoms with van der Waals surface area (Å²) in [5.41, 5.74) is 4.18. The van der Waals surface area contributed by atoms with Crippen LogP contribution in [0.25, 0.3) is 0 Å². The van der Waals surface area contributed by atoms with Crippen molar-refractivity contribution in [2.75, 3.05) is 25.0 Å². The molecule has 0 aliphatic carbocycles. The first-order valence-corrected chi connectivity index (χ1v) is 8.39.